The van der Waals surface area contributed by atoms with Crippen molar-refractivity contribution < 1.29 is 9.84 Å². The second kappa shape index (κ2) is 5.37. The first kappa shape index (κ1) is 12.7. The maximum atomic E-state index is 10.4. The molecule has 2 aromatic rings. The van der Waals surface area contributed by atoms with E-state index in [4.69, 9.17) is 16.3 Å². The number of morpholine rings is 1. The maximum absolute atomic E-state index is 10.4. The molecule has 0 aromatic heterocycles. The third-order valence-corrected chi connectivity index (χ3v) is 3.85. The van der Waals surface area contributed by atoms with Gasteiger partial charge in [-0.25, -0.2) is 0 Å². The van der Waals surface area contributed by atoms with E-state index in [1.807, 2.05) is 30.3 Å². The van der Waals surface area contributed by atoms with Crippen LogP contribution in [0, 0.1) is 0 Å². The van der Waals surface area contributed by atoms with Crippen molar-refractivity contribution in [1.29, 1.82) is 0 Å². The topological polar surface area (TPSA) is 32.7 Å². The first-order valence-corrected chi connectivity index (χ1v) is 6.82. The third-order valence-electron chi connectivity index (χ3n) is 3.54. The summed E-state index contributed by atoms with van der Waals surface area (Å²) in [6.45, 7) is 4.00. The molecule has 1 aliphatic rings. The molecule has 0 saturated carbocycles. The average molecular weight is 278 g/mol. The molecule has 100 valence electrons. The zero-order valence-electron chi connectivity index (χ0n) is 10.6. The van der Waals surface area contributed by atoms with Gasteiger partial charge in [-0.15, -0.1) is 0 Å². The first-order chi connectivity index (χ1) is 9.25. The van der Waals surface area contributed by atoms with Crippen molar-refractivity contribution in [2.75, 3.05) is 26.3 Å². The normalized spacial score (nSPS) is 16.9. The number of hydrogen-bond acceptors (Lipinski definition) is 3. The molecule has 0 spiro atoms. The molecule has 0 unspecified atom stereocenters. The van der Waals surface area contributed by atoms with Crippen LogP contribution in [0.5, 0.6) is 5.75 Å². The summed E-state index contributed by atoms with van der Waals surface area (Å²) in [7, 11) is 0. The Morgan fingerprint density at radius 1 is 1.16 bits per heavy atom. The Morgan fingerprint density at radius 2 is 1.84 bits per heavy atom. The van der Waals surface area contributed by atoms with E-state index in [2.05, 4.69) is 4.90 Å². The fraction of sp³-hybridized carbons (Fsp3) is 0.333. The lowest BCUT2D eigenvalue weighted by atomic mass is 10.0. The first-order valence-electron chi connectivity index (χ1n) is 6.45. The van der Waals surface area contributed by atoms with E-state index in [9.17, 15) is 5.11 Å². The van der Waals surface area contributed by atoms with Crippen LogP contribution in [0.3, 0.4) is 0 Å². The summed E-state index contributed by atoms with van der Waals surface area (Å²) in [5.74, 6) is 0.339. The molecule has 0 bridgehead atoms. The number of nitrogens with zero attached hydrogens (tertiary/aromatic N) is 1. The standard InChI is InChI=1S/C15H16ClNO2/c16-14-9-11(10-17-5-7-19-8-6-17)15(18)13-4-2-1-3-12(13)14/h1-4,9,18H,5-8,10H2. The molecule has 0 amide bonds. The van der Waals surface area contributed by atoms with Crippen LogP contribution in [0.4, 0.5) is 0 Å². The molecule has 1 fully saturated rings. The Hall–Kier alpha value is -1.29. The van der Waals surface area contributed by atoms with Crippen LogP contribution in [0.25, 0.3) is 10.8 Å². The maximum Gasteiger partial charge on any atom is 0.127 e. The molecule has 0 atom stereocenters. The number of halogens is 1. The van der Waals surface area contributed by atoms with E-state index in [1.165, 1.54) is 0 Å². The minimum atomic E-state index is 0.339. The van der Waals surface area contributed by atoms with Crippen molar-refractivity contribution in [3.05, 3.63) is 40.9 Å². The number of rotatable bonds is 2. The van der Waals surface area contributed by atoms with Gasteiger partial charge in [-0.1, -0.05) is 35.9 Å². The zero-order chi connectivity index (χ0) is 13.2. The molecule has 4 heteroatoms. The Morgan fingerprint density at radius 3 is 2.58 bits per heavy atom. The predicted molar refractivity (Wildman–Crippen MR) is 76.7 cm³/mol. The van der Waals surface area contributed by atoms with E-state index in [0.717, 1.165) is 42.6 Å². The number of aromatic hydroxyl groups is 1. The van der Waals surface area contributed by atoms with Gasteiger partial charge in [-0.3, -0.25) is 4.90 Å². The molecular formula is C15H16ClNO2. The Balaban J connectivity index is 1.97. The van der Waals surface area contributed by atoms with Gasteiger partial charge in [0.2, 0.25) is 0 Å². The fourth-order valence-corrected chi connectivity index (χ4v) is 2.79. The number of ether oxygens (including phenoxy) is 1. The minimum Gasteiger partial charge on any atom is -0.507 e. The highest BCUT2D eigenvalue weighted by Crippen LogP contribution is 2.34. The van der Waals surface area contributed by atoms with Crippen LogP contribution in [0.1, 0.15) is 5.56 Å². The smallest absolute Gasteiger partial charge is 0.127 e. The van der Waals surface area contributed by atoms with Crippen molar-refractivity contribution >= 4 is 22.4 Å². The summed E-state index contributed by atoms with van der Waals surface area (Å²) in [6.07, 6.45) is 0. The quantitative estimate of drug-likeness (QED) is 0.916. The van der Waals surface area contributed by atoms with Gasteiger partial charge >= 0.3 is 0 Å². The molecule has 1 heterocycles. The molecule has 3 nitrogen and oxygen atoms in total. The fourth-order valence-electron chi connectivity index (χ4n) is 2.49. The SMILES string of the molecule is Oc1c(CN2CCOCC2)cc(Cl)c2ccccc12. The van der Waals surface area contributed by atoms with Crippen LogP contribution >= 0.6 is 11.6 Å². The van der Waals surface area contributed by atoms with Gasteiger partial charge in [-0.2, -0.15) is 0 Å². The van der Waals surface area contributed by atoms with Gasteiger partial charge in [0.05, 0.1) is 13.2 Å². The van der Waals surface area contributed by atoms with Crippen molar-refractivity contribution in [3.63, 3.8) is 0 Å². The van der Waals surface area contributed by atoms with Crippen LogP contribution in [0.15, 0.2) is 30.3 Å². The minimum absolute atomic E-state index is 0.339. The zero-order valence-corrected chi connectivity index (χ0v) is 11.4. The number of benzene rings is 2. The van der Waals surface area contributed by atoms with Gasteiger partial charge in [-0.05, 0) is 6.07 Å². The molecule has 0 radical (unpaired) electrons. The van der Waals surface area contributed by atoms with E-state index in [-0.39, 0.29) is 0 Å². The van der Waals surface area contributed by atoms with Crippen molar-refractivity contribution in [3.8, 4) is 5.75 Å². The lowest BCUT2D eigenvalue weighted by Gasteiger charge is -2.27. The molecule has 1 aliphatic heterocycles. The molecular weight excluding hydrogens is 262 g/mol. The molecule has 1 N–H and O–H groups in total. The van der Waals surface area contributed by atoms with Gasteiger partial charge in [0, 0.05) is 41.0 Å². The third kappa shape index (κ3) is 2.54. The predicted octanol–water partition coefficient (Wildman–Crippen LogP) is 3.03. The van der Waals surface area contributed by atoms with Crippen molar-refractivity contribution in [1.82, 2.24) is 4.90 Å². The molecule has 2 aromatic carbocycles. The van der Waals surface area contributed by atoms with Crippen LogP contribution in [0.2, 0.25) is 5.02 Å². The van der Waals surface area contributed by atoms with Crippen LogP contribution in [-0.4, -0.2) is 36.3 Å². The van der Waals surface area contributed by atoms with Crippen molar-refractivity contribution in [2.24, 2.45) is 0 Å². The summed E-state index contributed by atoms with van der Waals surface area (Å²) in [5, 5.41) is 12.8. The summed E-state index contributed by atoms with van der Waals surface area (Å²) in [6, 6.07) is 9.54. The van der Waals surface area contributed by atoms with E-state index >= 15 is 0 Å². The largest absolute Gasteiger partial charge is 0.507 e. The van der Waals surface area contributed by atoms with Crippen molar-refractivity contribution in [2.45, 2.75) is 6.54 Å². The monoisotopic (exact) mass is 277 g/mol. The Bertz CT molecular complexity index is 594. The highest BCUT2D eigenvalue weighted by molar-refractivity contribution is 6.35. The number of phenols is 1. The molecule has 0 aliphatic carbocycles. The van der Waals surface area contributed by atoms with Gasteiger partial charge in [0.1, 0.15) is 5.75 Å². The van der Waals surface area contributed by atoms with E-state index < -0.39 is 0 Å². The van der Waals surface area contributed by atoms with Gasteiger partial charge < -0.3 is 9.84 Å². The highest BCUT2D eigenvalue weighted by Gasteiger charge is 2.15. The van der Waals surface area contributed by atoms with Crippen LogP contribution in [-0.2, 0) is 11.3 Å². The second-order valence-corrected chi connectivity index (χ2v) is 5.21. The summed E-state index contributed by atoms with van der Waals surface area (Å²) < 4.78 is 5.33. The lowest BCUT2D eigenvalue weighted by molar-refractivity contribution is 0.0339. The van der Waals surface area contributed by atoms with Crippen LogP contribution < -0.4 is 0 Å². The summed E-state index contributed by atoms with van der Waals surface area (Å²) in [4.78, 5) is 2.27. The lowest BCUT2D eigenvalue weighted by Crippen LogP contribution is -2.35. The number of phenolic OH excluding ortho intramolecular Hbond substituents is 1. The molecule has 1 saturated heterocycles. The average Bonchev–Trinajstić information content (AvgIpc) is 2.46. The van der Waals surface area contributed by atoms with Gasteiger partial charge in [0.25, 0.3) is 0 Å². The second-order valence-electron chi connectivity index (χ2n) is 4.80. The Kier molecular flexibility index (Phi) is 3.60. The summed E-state index contributed by atoms with van der Waals surface area (Å²) >= 11 is 6.30. The number of fused-ring (bicyclic) bond motifs is 1. The van der Waals surface area contributed by atoms with E-state index in [0.29, 0.717) is 17.3 Å². The number of hydrogen-bond donors (Lipinski definition) is 1. The molecule has 19 heavy (non-hydrogen) atoms. The summed E-state index contributed by atoms with van der Waals surface area (Å²) in [5.41, 5.74) is 0.880. The van der Waals surface area contributed by atoms with E-state index in [1.54, 1.807) is 0 Å². The van der Waals surface area contributed by atoms with Gasteiger partial charge in [0.15, 0.2) is 0 Å². The molecule has 3 rings (SSSR count). The highest BCUT2D eigenvalue weighted by atomic mass is 35.5. The Labute approximate surface area is 117 Å².